The van der Waals surface area contributed by atoms with Crippen molar-refractivity contribution in [2.24, 2.45) is 0 Å². The smallest absolute Gasteiger partial charge is 0.129 e. The van der Waals surface area contributed by atoms with Gasteiger partial charge in [0.15, 0.2) is 0 Å². The van der Waals surface area contributed by atoms with Gasteiger partial charge in [-0.05, 0) is 61.6 Å². The summed E-state index contributed by atoms with van der Waals surface area (Å²) in [6, 6.07) is 6.28. The number of hydrogen-bond acceptors (Lipinski definition) is 3. The van der Waals surface area contributed by atoms with Crippen LogP contribution in [0.5, 0.6) is 0 Å². The molecule has 3 heteroatoms. The maximum Gasteiger partial charge on any atom is 0.129 e. The molecule has 0 aliphatic rings. The van der Waals surface area contributed by atoms with Crippen molar-refractivity contribution >= 4 is 11.5 Å². The van der Waals surface area contributed by atoms with Crippen LogP contribution in [0.4, 0.5) is 11.5 Å². The number of nitrogen functional groups attached to an aromatic ring is 1. The highest BCUT2D eigenvalue weighted by Gasteiger charge is 2.05. The summed E-state index contributed by atoms with van der Waals surface area (Å²) in [4.78, 5) is 4.33. The lowest BCUT2D eigenvalue weighted by Crippen LogP contribution is -2.06. The molecule has 0 unspecified atom stereocenters. The Morgan fingerprint density at radius 2 is 1.79 bits per heavy atom. The van der Waals surface area contributed by atoms with Crippen LogP contribution >= 0.6 is 0 Å². The maximum atomic E-state index is 5.71. The van der Waals surface area contributed by atoms with Gasteiger partial charge in [0.05, 0.1) is 11.9 Å². The zero-order valence-corrected chi connectivity index (χ0v) is 12.0. The first-order valence-corrected chi connectivity index (χ1v) is 6.50. The van der Waals surface area contributed by atoms with Crippen molar-refractivity contribution in [1.29, 1.82) is 0 Å². The number of benzene rings is 1. The Balaban J connectivity index is 2.17. The van der Waals surface area contributed by atoms with E-state index in [0.29, 0.717) is 5.69 Å². The van der Waals surface area contributed by atoms with E-state index in [1.54, 1.807) is 6.20 Å². The van der Waals surface area contributed by atoms with Crippen LogP contribution in [-0.2, 0) is 6.54 Å². The highest BCUT2D eigenvalue weighted by atomic mass is 15.0. The number of rotatable bonds is 3. The monoisotopic (exact) mass is 255 g/mol. The summed E-state index contributed by atoms with van der Waals surface area (Å²) in [6.07, 6.45) is 1.68. The van der Waals surface area contributed by atoms with Crippen LogP contribution in [0.3, 0.4) is 0 Å². The molecule has 0 bridgehead atoms. The van der Waals surface area contributed by atoms with Crippen LogP contribution in [0.2, 0.25) is 0 Å². The molecule has 2 aromatic rings. The highest BCUT2D eigenvalue weighted by Crippen LogP contribution is 2.19. The van der Waals surface area contributed by atoms with E-state index in [1.807, 2.05) is 13.0 Å². The Labute approximate surface area is 114 Å². The minimum absolute atomic E-state index is 0.699. The third kappa shape index (κ3) is 2.87. The number of hydrogen-bond donors (Lipinski definition) is 2. The summed E-state index contributed by atoms with van der Waals surface area (Å²) in [5.41, 5.74) is 12.8. The second-order valence-corrected chi connectivity index (χ2v) is 5.08. The molecule has 0 saturated heterocycles. The van der Waals surface area contributed by atoms with E-state index in [-0.39, 0.29) is 0 Å². The van der Waals surface area contributed by atoms with Gasteiger partial charge in [-0.25, -0.2) is 4.98 Å². The number of aryl methyl sites for hydroxylation is 2. The fourth-order valence-corrected chi connectivity index (χ4v) is 2.16. The van der Waals surface area contributed by atoms with Gasteiger partial charge in [0.25, 0.3) is 0 Å². The van der Waals surface area contributed by atoms with E-state index in [1.165, 1.54) is 22.3 Å². The molecule has 2 rings (SSSR count). The number of nitrogens with two attached hydrogens (primary N) is 1. The molecule has 1 aromatic carbocycles. The van der Waals surface area contributed by atoms with Crippen molar-refractivity contribution in [2.45, 2.75) is 34.2 Å². The number of pyridine rings is 1. The SMILES string of the molecule is Cc1cc(N)cnc1NCc1ccc(C)c(C)c1C. The first-order chi connectivity index (χ1) is 8.99. The van der Waals surface area contributed by atoms with Crippen LogP contribution in [0.15, 0.2) is 24.4 Å². The number of nitrogens with zero attached hydrogens (tertiary/aromatic N) is 1. The van der Waals surface area contributed by atoms with Crippen LogP contribution in [0.1, 0.15) is 27.8 Å². The van der Waals surface area contributed by atoms with Gasteiger partial charge in [0, 0.05) is 6.54 Å². The van der Waals surface area contributed by atoms with Crippen LogP contribution < -0.4 is 11.1 Å². The molecule has 3 nitrogen and oxygen atoms in total. The van der Waals surface area contributed by atoms with E-state index < -0.39 is 0 Å². The first-order valence-electron chi connectivity index (χ1n) is 6.50. The molecule has 3 N–H and O–H groups in total. The van der Waals surface area contributed by atoms with Crippen molar-refractivity contribution in [3.8, 4) is 0 Å². The molecule has 100 valence electrons. The average molecular weight is 255 g/mol. The maximum absolute atomic E-state index is 5.71. The Morgan fingerprint density at radius 3 is 2.47 bits per heavy atom. The third-order valence-electron chi connectivity index (χ3n) is 3.72. The van der Waals surface area contributed by atoms with E-state index in [9.17, 15) is 0 Å². The molecule has 0 spiro atoms. The van der Waals surface area contributed by atoms with Gasteiger partial charge in [-0.2, -0.15) is 0 Å². The van der Waals surface area contributed by atoms with Crippen molar-refractivity contribution in [1.82, 2.24) is 4.98 Å². The minimum Gasteiger partial charge on any atom is -0.397 e. The van der Waals surface area contributed by atoms with Gasteiger partial charge in [-0.1, -0.05) is 12.1 Å². The van der Waals surface area contributed by atoms with E-state index >= 15 is 0 Å². The summed E-state index contributed by atoms with van der Waals surface area (Å²) in [5.74, 6) is 0.895. The first kappa shape index (κ1) is 13.4. The van der Waals surface area contributed by atoms with Crippen LogP contribution in [0, 0.1) is 27.7 Å². The molecule has 1 heterocycles. The average Bonchev–Trinajstić information content (AvgIpc) is 2.37. The molecule has 0 aliphatic heterocycles. The minimum atomic E-state index is 0.699. The van der Waals surface area contributed by atoms with E-state index in [0.717, 1.165) is 17.9 Å². The predicted molar refractivity (Wildman–Crippen MR) is 81.4 cm³/mol. The van der Waals surface area contributed by atoms with Gasteiger partial charge < -0.3 is 11.1 Å². The van der Waals surface area contributed by atoms with Gasteiger partial charge in [0.2, 0.25) is 0 Å². The molecular weight excluding hydrogens is 234 g/mol. The summed E-state index contributed by atoms with van der Waals surface area (Å²) in [6.45, 7) is 9.28. The Kier molecular flexibility index (Phi) is 3.74. The van der Waals surface area contributed by atoms with Gasteiger partial charge in [0.1, 0.15) is 5.82 Å². The molecule has 0 radical (unpaired) electrons. The lowest BCUT2D eigenvalue weighted by molar-refractivity contribution is 1.06. The summed E-state index contributed by atoms with van der Waals surface area (Å²) < 4.78 is 0. The Hall–Kier alpha value is -2.03. The van der Waals surface area contributed by atoms with Gasteiger partial charge in [-0.15, -0.1) is 0 Å². The van der Waals surface area contributed by atoms with Crippen molar-refractivity contribution < 1.29 is 0 Å². The molecule has 19 heavy (non-hydrogen) atoms. The normalized spacial score (nSPS) is 10.5. The number of anilines is 2. The van der Waals surface area contributed by atoms with E-state index in [4.69, 9.17) is 5.73 Å². The summed E-state index contributed by atoms with van der Waals surface area (Å²) in [5, 5.41) is 3.38. The molecule has 0 aliphatic carbocycles. The topological polar surface area (TPSA) is 50.9 Å². The number of aromatic nitrogens is 1. The lowest BCUT2D eigenvalue weighted by atomic mass is 9.99. The molecular formula is C16H21N3. The zero-order valence-electron chi connectivity index (χ0n) is 12.0. The second kappa shape index (κ2) is 5.31. The Morgan fingerprint density at radius 1 is 1.05 bits per heavy atom. The fourth-order valence-electron chi connectivity index (χ4n) is 2.16. The fraction of sp³-hybridized carbons (Fsp3) is 0.312. The summed E-state index contributed by atoms with van der Waals surface area (Å²) in [7, 11) is 0. The van der Waals surface area contributed by atoms with Crippen LogP contribution in [0.25, 0.3) is 0 Å². The molecule has 0 atom stereocenters. The lowest BCUT2D eigenvalue weighted by Gasteiger charge is -2.13. The van der Waals surface area contributed by atoms with E-state index in [2.05, 4.69) is 43.2 Å². The van der Waals surface area contributed by atoms with Gasteiger partial charge >= 0.3 is 0 Å². The zero-order chi connectivity index (χ0) is 14.0. The second-order valence-electron chi connectivity index (χ2n) is 5.08. The van der Waals surface area contributed by atoms with Gasteiger partial charge in [-0.3, -0.25) is 0 Å². The number of nitrogens with one attached hydrogen (secondary N) is 1. The Bertz CT molecular complexity index is 603. The molecule has 1 aromatic heterocycles. The van der Waals surface area contributed by atoms with Crippen LogP contribution in [-0.4, -0.2) is 4.98 Å². The van der Waals surface area contributed by atoms with Crippen molar-refractivity contribution in [3.63, 3.8) is 0 Å². The quantitative estimate of drug-likeness (QED) is 0.882. The highest BCUT2D eigenvalue weighted by molar-refractivity contribution is 5.51. The van der Waals surface area contributed by atoms with Crippen molar-refractivity contribution in [3.05, 3.63) is 52.2 Å². The molecule has 0 amide bonds. The standard InChI is InChI=1S/C16H21N3/c1-10-5-6-14(13(4)12(10)3)8-18-16-11(2)7-15(17)9-19-16/h5-7,9H,8,17H2,1-4H3,(H,18,19). The third-order valence-corrected chi connectivity index (χ3v) is 3.72. The molecule has 0 saturated carbocycles. The van der Waals surface area contributed by atoms with Crippen molar-refractivity contribution in [2.75, 3.05) is 11.1 Å². The summed E-state index contributed by atoms with van der Waals surface area (Å²) >= 11 is 0. The predicted octanol–water partition coefficient (Wildman–Crippen LogP) is 3.51. The molecule has 0 fully saturated rings. The largest absolute Gasteiger partial charge is 0.397 e.